The van der Waals surface area contributed by atoms with E-state index in [9.17, 15) is 14.7 Å². The van der Waals surface area contributed by atoms with Gasteiger partial charge >= 0.3 is 0 Å². The van der Waals surface area contributed by atoms with Gasteiger partial charge in [-0.3, -0.25) is 19.4 Å². The minimum atomic E-state index is -0.671. The summed E-state index contributed by atoms with van der Waals surface area (Å²) in [7, 11) is 0. The minimum absolute atomic E-state index is 0.136. The average Bonchev–Trinajstić information content (AvgIpc) is 2.76. The number of anilines is 1. The van der Waals surface area contributed by atoms with Crippen molar-refractivity contribution >= 4 is 17.6 Å². The lowest BCUT2D eigenvalue weighted by Crippen LogP contribution is -2.56. The van der Waals surface area contributed by atoms with Gasteiger partial charge in [-0.25, -0.2) is 9.97 Å². The third-order valence-electron chi connectivity index (χ3n) is 5.77. The summed E-state index contributed by atoms with van der Waals surface area (Å²) in [6, 6.07) is 10.1. The van der Waals surface area contributed by atoms with E-state index in [2.05, 4.69) is 43.7 Å². The van der Waals surface area contributed by atoms with Crippen molar-refractivity contribution < 1.29 is 14.7 Å². The second kappa shape index (κ2) is 10.0. The number of nitrogens with two attached hydrogens (primary N) is 1. The van der Waals surface area contributed by atoms with Gasteiger partial charge in [-0.1, -0.05) is 24.3 Å². The number of nitrogens with zero attached hydrogens (tertiary/aromatic N) is 4. The lowest BCUT2D eigenvalue weighted by atomic mass is 10.00. The second-order valence-electron chi connectivity index (χ2n) is 8.41. The van der Waals surface area contributed by atoms with Gasteiger partial charge in [0.1, 0.15) is 17.8 Å². The van der Waals surface area contributed by atoms with Crippen molar-refractivity contribution in [1.82, 2.24) is 25.1 Å². The van der Waals surface area contributed by atoms with E-state index in [4.69, 9.17) is 5.73 Å². The molecule has 0 bridgehead atoms. The fraction of sp³-hybridized carbons (Fsp3) is 0.455. The van der Waals surface area contributed by atoms with Crippen LogP contribution in [0.25, 0.3) is 0 Å². The van der Waals surface area contributed by atoms with Crippen molar-refractivity contribution in [2.45, 2.75) is 25.1 Å². The number of nitrogens with one attached hydrogen (secondary N) is 2. The van der Waals surface area contributed by atoms with Gasteiger partial charge in [-0.05, 0) is 17.5 Å². The van der Waals surface area contributed by atoms with Crippen LogP contribution in [-0.2, 0) is 17.8 Å². The number of primary amides is 1. The van der Waals surface area contributed by atoms with E-state index in [0.717, 1.165) is 19.5 Å². The number of hydrogen-bond donors (Lipinski definition) is 4. The molecule has 2 aliphatic heterocycles. The zero-order valence-electron chi connectivity index (χ0n) is 17.9. The molecule has 10 nitrogen and oxygen atoms in total. The van der Waals surface area contributed by atoms with E-state index >= 15 is 0 Å². The molecule has 10 heteroatoms. The Morgan fingerprint density at radius 3 is 2.75 bits per heavy atom. The van der Waals surface area contributed by atoms with Crippen molar-refractivity contribution in [3.05, 3.63) is 53.5 Å². The van der Waals surface area contributed by atoms with E-state index < -0.39 is 6.10 Å². The second-order valence-corrected chi connectivity index (χ2v) is 8.41. The van der Waals surface area contributed by atoms with Crippen LogP contribution in [0.2, 0.25) is 0 Å². The first-order chi connectivity index (χ1) is 15.5. The summed E-state index contributed by atoms with van der Waals surface area (Å²) in [5.74, 6) is -0.166. The van der Waals surface area contributed by atoms with Crippen LogP contribution in [0.3, 0.4) is 0 Å². The molecule has 0 radical (unpaired) electrons. The molecule has 1 aromatic heterocycles. The van der Waals surface area contributed by atoms with Gasteiger partial charge in [-0.2, -0.15) is 0 Å². The molecule has 5 N–H and O–H groups in total. The summed E-state index contributed by atoms with van der Waals surface area (Å²) < 4.78 is 0. The molecule has 2 amide bonds. The summed E-state index contributed by atoms with van der Waals surface area (Å²) in [6.07, 6.45) is 1.63. The number of aliphatic hydroxyl groups is 1. The van der Waals surface area contributed by atoms with Crippen LogP contribution in [0, 0.1) is 0 Å². The van der Waals surface area contributed by atoms with E-state index in [1.54, 1.807) is 6.07 Å². The predicted octanol–water partition coefficient (Wildman–Crippen LogP) is -0.793. The summed E-state index contributed by atoms with van der Waals surface area (Å²) in [4.78, 5) is 35.7. The maximum atomic E-state index is 12.5. The largest absolute Gasteiger partial charge is 0.390 e. The zero-order valence-corrected chi connectivity index (χ0v) is 17.9. The van der Waals surface area contributed by atoms with Crippen LogP contribution >= 0.6 is 0 Å². The number of carbonyl (C=O) groups excluding carboxylic acids is 2. The molecule has 1 saturated heterocycles. The molecule has 0 spiro atoms. The molecule has 3 heterocycles. The number of aliphatic hydroxyl groups excluding tert-OH is 1. The quantitative estimate of drug-likeness (QED) is 0.399. The Morgan fingerprint density at radius 2 is 1.97 bits per heavy atom. The molecule has 2 aromatic rings. The highest BCUT2D eigenvalue weighted by atomic mass is 16.3. The van der Waals surface area contributed by atoms with Crippen molar-refractivity contribution in [2.24, 2.45) is 5.73 Å². The Kier molecular flexibility index (Phi) is 6.93. The number of fused-ring (bicyclic) bond motifs is 1. The first kappa shape index (κ1) is 22.1. The predicted molar refractivity (Wildman–Crippen MR) is 119 cm³/mol. The minimum Gasteiger partial charge on any atom is -0.390 e. The Balaban J connectivity index is 1.21. The first-order valence-corrected chi connectivity index (χ1v) is 10.8. The number of aromatic nitrogens is 2. The number of hydrogen-bond acceptors (Lipinski definition) is 8. The molecule has 0 saturated carbocycles. The first-order valence-electron chi connectivity index (χ1n) is 10.8. The maximum Gasteiger partial charge on any atom is 0.270 e. The molecule has 2 aliphatic rings. The van der Waals surface area contributed by atoms with Crippen LogP contribution in [0.4, 0.5) is 5.82 Å². The Hall–Kier alpha value is -3.08. The smallest absolute Gasteiger partial charge is 0.270 e. The molecule has 1 atom stereocenters. The SMILES string of the molecule is NC(=O)CN1CC(Nc2cc(C(=O)NCC(O)CN3CCc4ccccc4C3)ncn2)C1. The normalized spacial score (nSPS) is 17.8. The Morgan fingerprint density at radius 1 is 1.19 bits per heavy atom. The van der Waals surface area contributed by atoms with Crippen LogP contribution in [-0.4, -0.2) is 88.1 Å². The molecular weight excluding hydrogens is 410 g/mol. The molecular formula is C22H29N7O3. The summed E-state index contributed by atoms with van der Waals surface area (Å²) in [5.41, 5.74) is 8.08. The van der Waals surface area contributed by atoms with Gasteiger partial charge in [-0.15, -0.1) is 0 Å². The number of carbonyl (C=O) groups is 2. The maximum absolute atomic E-state index is 12.5. The van der Waals surface area contributed by atoms with Crippen molar-refractivity contribution in [2.75, 3.05) is 44.6 Å². The van der Waals surface area contributed by atoms with Crippen molar-refractivity contribution in [1.29, 1.82) is 0 Å². The highest BCUT2D eigenvalue weighted by Crippen LogP contribution is 2.18. The van der Waals surface area contributed by atoms with Crippen molar-refractivity contribution in [3.63, 3.8) is 0 Å². The van der Waals surface area contributed by atoms with Crippen molar-refractivity contribution in [3.8, 4) is 0 Å². The van der Waals surface area contributed by atoms with E-state index in [1.807, 2.05) is 11.0 Å². The fourth-order valence-corrected chi connectivity index (χ4v) is 4.15. The van der Waals surface area contributed by atoms with Gasteiger partial charge in [0.05, 0.1) is 18.7 Å². The van der Waals surface area contributed by atoms with E-state index in [1.165, 1.54) is 17.5 Å². The third-order valence-corrected chi connectivity index (χ3v) is 5.77. The lowest BCUT2D eigenvalue weighted by molar-refractivity contribution is -0.120. The number of benzene rings is 1. The zero-order chi connectivity index (χ0) is 22.5. The average molecular weight is 440 g/mol. The number of rotatable bonds is 9. The molecule has 1 fully saturated rings. The molecule has 1 unspecified atom stereocenters. The fourth-order valence-electron chi connectivity index (χ4n) is 4.15. The lowest BCUT2D eigenvalue weighted by Gasteiger charge is -2.38. The molecule has 0 aliphatic carbocycles. The number of β-amino-alcohol motifs (C(OH)–C–C–N with tert-alkyl or cyclic N) is 1. The van der Waals surface area contributed by atoms with Gasteiger partial charge < -0.3 is 21.5 Å². The Bertz CT molecular complexity index is 964. The molecule has 170 valence electrons. The number of amides is 2. The highest BCUT2D eigenvalue weighted by molar-refractivity contribution is 5.92. The van der Waals surface area contributed by atoms with Gasteiger partial charge in [0.15, 0.2) is 0 Å². The molecule has 32 heavy (non-hydrogen) atoms. The van der Waals surface area contributed by atoms with Crippen LogP contribution < -0.4 is 16.4 Å². The van der Waals surface area contributed by atoms with E-state index in [-0.39, 0.29) is 36.6 Å². The topological polar surface area (TPSA) is 137 Å². The Labute approximate surface area is 186 Å². The third kappa shape index (κ3) is 5.78. The summed E-state index contributed by atoms with van der Waals surface area (Å²) in [5, 5.41) is 16.4. The van der Waals surface area contributed by atoms with Crippen LogP contribution in [0.5, 0.6) is 0 Å². The standard InChI is InChI=1S/C22H29N7O3/c23-20(31)13-29-10-17(11-29)27-21-7-19(25-14-26-21)22(32)24-8-18(30)12-28-6-5-15-3-1-2-4-16(15)9-28/h1-4,7,14,17-18,30H,5-6,8-13H2,(H2,23,31)(H,24,32)(H,25,26,27). The highest BCUT2D eigenvalue weighted by Gasteiger charge is 2.28. The van der Waals surface area contributed by atoms with Gasteiger partial charge in [0.2, 0.25) is 5.91 Å². The summed E-state index contributed by atoms with van der Waals surface area (Å²) in [6.45, 7) is 3.94. The van der Waals surface area contributed by atoms with Crippen LogP contribution in [0.1, 0.15) is 21.6 Å². The van der Waals surface area contributed by atoms with Crippen LogP contribution in [0.15, 0.2) is 36.7 Å². The van der Waals surface area contributed by atoms with Gasteiger partial charge in [0, 0.05) is 45.3 Å². The molecule has 1 aromatic carbocycles. The molecule has 4 rings (SSSR count). The van der Waals surface area contributed by atoms with E-state index in [0.29, 0.717) is 25.5 Å². The summed E-state index contributed by atoms with van der Waals surface area (Å²) >= 11 is 0. The monoisotopic (exact) mass is 439 g/mol. The van der Waals surface area contributed by atoms with Gasteiger partial charge in [0.25, 0.3) is 5.91 Å². The number of likely N-dealkylation sites (tertiary alicyclic amines) is 1.